The third-order valence-corrected chi connectivity index (χ3v) is 5.67. The van der Waals surface area contributed by atoms with Crippen molar-refractivity contribution < 1.29 is 17.6 Å². The fourth-order valence-corrected chi connectivity index (χ4v) is 4.11. The molecule has 0 fully saturated rings. The third-order valence-electron chi connectivity index (χ3n) is 4.18. The highest BCUT2D eigenvalue weighted by atomic mass is 32.2. The molecule has 0 saturated carbocycles. The predicted octanol–water partition coefficient (Wildman–Crippen LogP) is 0.230. The van der Waals surface area contributed by atoms with Crippen LogP contribution in [0.25, 0.3) is 11.1 Å². The van der Waals surface area contributed by atoms with Gasteiger partial charge in [0.1, 0.15) is 0 Å². The second-order valence-corrected chi connectivity index (χ2v) is 7.45. The van der Waals surface area contributed by atoms with Gasteiger partial charge in [-0.15, -0.1) is 0 Å². The number of carbonyl (C=O) groups excluding carboxylic acids is 1. The van der Waals surface area contributed by atoms with Crippen molar-refractivity contribution in [3.05, 3.63) is 40.9 Å². The Labute approximate surface area is 138 Å². The minimum atomic E-state index is -3.88. The summed E-state index contributed by atoms with van der Waals surface area (Å²) in [7, 11) is -2.35. The number of hydrogen-bond acceptors (Lipinski definition) is 5. The van der Waals surface area contributed by atoms with Crippen LogP contribution in [0.1, 0.15) is 12.8 Å². The maximum atomic E-state index is 12.6. The number of benzene rings is 1. The van der Waals surface area contributed by atoms with E-state index in [0.29, 0.717) is 18.4 Å². The molecule has 2 aromatic rings. The van der Waals surface area contributed by atoms with Gasteiger partial charge in [0.2, 0.25) is 15.9 Å². The largest absolute Gasteiger partial charge is 0.419 e. The zero-order valence-electron chi connectivity index (χ0n) is 12.9. The van der Waals surface area contributed by atoms with Crippen molar-refractivity contribution in [2.45, 2.75) is 23.8 Å². The molecule has 0 unspecified atom stereocenters. The lowest BCUT2D eigenvalue weighted by Crippen LogP contribution is -2.46. The van der Waals surface area contributed by atoms with Crippen LogP contribution < -0.4 is 16.2 Å². The van der Waals surface area contributed by atoms with E-state index in [0.717, 1.165) is 0 Å². The molecule has 0 radical (unpaired) electrons. The molecule has 1 heterocycles. The summed E-state index contributed by atoms with van der Waals surface area (Å²) in [5.41, 5.74) is 6.02. The monoisotopic (exact) mass is 351 g/mol. The number of aromatic nitrogens is 1. The smallest absolute Gasteiger partial charge is 0.408 e. The van der Waals surface area contributed by atoms with Gasteiger partial charge in [0.05, 0.1) is 16.3 Å². The van der Waals surface area contributed by atoms with Gasteiger partial charge in [0.25, 0.3) is 0 Å². The number of rotatable bonds is 4. The SMILES string of the molecule is Cn1c(=O)oc2cc(S(=O)(=O)N[C@@H]3CC=CC[C@H]3C(N)=O)ccc21. The van der Waals surface area contributed by atoms with Crippen molar-refractivity contribution in [2.24, 2.45) is 18.7 Å². The fourth-order valence-electron chi connectivity index (χ4n) is 2.81. The minimum absolute atomic E-state index is 0.0397. The van der Waals surface area contributed by atoms with Gasteiger partial charge >= 0.3 is 5.76 Å². The van der Waals surface area contributed by atoms with E-state index in [-0.39, 0.29) is 10.5 Å². The zero-order chi connectivity index (χ0) is 17.5. The van der Waals surface area contributed by atoms with Crippen molar-refractivity contribution in [2.75, 3.05) is 0 Å². The second-order valence-electron chi connectivity index (χ2n) is 5.74. The summed E-state index contributed by atoms with van der Waals surface area (Å²) in [5, 5.41) is 0. The zero-order valence-corrected chi connectivity index (χ0v) is 13.7. The normalized spacial score (nSPS) is 21.2. The van der Waals surface area contributed by atoms with Crippen LogP contribution >= 0.6 is 0 Å². The minimum Gasteiger partial charge on any atom is -0.408 e. The maximum absolute atomic E-state index is 12.6. The molecular weight excluding hydrogens is 334 g/mol. The van der Waals surface area contributed by atoms with Crippen LogP contribution in [0.2, 0.25) is 0 Å². The van der Waals surface area contributed by atoms with Crippen LogP contribution in [-0.2, 0) is 21.9 Å². The number of hydrogen-bond donors (Lipinski definition) is 2. The first-order chi connectivity index (χ1) is 11.3. The first-order valence-corrected chi connectivity index (χ1v) is 8.84. The van der Waals surface area contributed by atoms with Gasteiger partial charge in [0, 0.05) is 19.2 Å². The van der Waals surface area contributed by atoms with E-state index in [1.807, 2.05) is 12.2 Å². The molecule has 1 aromatic heterocycles. The Bertz CT molecular complexity index is 986. The van der Waals surface area contributed by atoms with Gasteiger partial charge in [-0.25, -0.2) is 17.9 Å². The van der Waals surface area contributed by atoms with Crippen molar-refractivity contribution in [3.63, 3.8) is 0 Å². The van der Waals surface area contributed by atoms with Gasteiger partial charge in [0.15, 0.2) is 5.58 Å². The number of carbonyl (C=O) groups is 1. The molecule has 0 saturated heterocycles. The lowest BCUT2D eigenvalue weighted by molar-refractivity contribution is -0.122. The third kappa shape index (κ3) is 2.87. The molecule has 1 aliphatic rings. The van der Waals surface area contributed by atoms with Crippen molar-refractivity contribution >= 4 is 27.0 Å². The maximum Gasteiger partial charge on any atom is 0.419 e. The van der Waals surface area contributed by atoms with Crippen molar-refractivity contribution in [3.8, 4) is 0 Å². The summed E-state index contributed by atoms with van der Waals surface area (Å²) in [6.07, 6.45) is 4.40. The van der Waals surface area contributed by atoms with E-state index in [1.165, 1.54) is 29.8 Å². The van der Waals surface area contributed by atoms with E-state index in [1.54, 1.807) is 0 Å². The number of oxazole rings is 1. The highest BCUT2D eigenvalue weighted by Crippen LogP contribution is 2.23. The number of allylic oxidation sites excluding steroid dienone is 1. The van der Waals surface area contributed by atoms with Crippen LogP contribution in [0.5, 0.6) is 0 Å². The summed E-state index contributed by atoms with van der Waals surface area (Å²) in [6.45, 7) is 0. The summed E-state index contributed by atoms with van der Waals surface area (Å²) < 4.78 is 34.0. The van der Waals surface area contributed by atoms with Crippen molar-refractivity contribution in [1.29, 1.82) is 0 Å². The Morgan fingerprint density at radius 2 is 2.04 bits per heavy atom. The number of nitrogens with two attached hydrogens (primary N) is 1. The second kappa shape index (κ2) is 5.91. The highest BCUT2D eigenvalue weighted by molar-refractivity contribution is 7.89. The average molecular weight is 351 g/mol. The van der Waals surface area contributed by atoms with E-state index in [9.17, 15) is 18.0 Å². The predicted molar refractivity (Wildman–Crippen MR) is 86.6 cm³/mol. The number of primary amides is 1. The molecule has 1 aliphatic carbocycles. The van der Waals surface area contributed by atoms with Crippen LogP contribution in [0.4, 0.5) is 0 Å². The van der Waals surface area contributed by atoms with E-state index >= 15 is 0 Å². The topological polar surface area (TPSA) is 124 Å². The number of fused-ring (bicyclic) bond motifs is 1. The highest BCUT2D eigenvalue weighted by Gasteiger charge is 2.31. The molecule has 128 valence electrons. The fraction of sp³-hybridized carbons (Fsp3) is 0.333. The Kier molecular flexibility index (Phi) is 4.06. The average Bonchev–Trinajstić information content (AvgIpc) is 2.81. The first kappa shape index (κ1) is 16.5. The Morgan fingerprint density at radius 1 is 1.33 bits per heavy atom. The van der Waals surface area contributed by atoms with Crippen LogP contribution in [0.15, 0.2) is 44.5 Å². The number of nitrogens with zero attached hydrogens (tertiary/aromatic N) is 1. The molecule has 0 bridgehead atoms. The van der Waals surface area contributed by atoms with Gasteiger partial charge < -0.3 is 10.2 Å². The van der Waals surface area contributed by atoms with Gasteiger partial charge in [-0.1, -0.05) is 12.2 Å². The molecule has 1 aromatic carbocycles. The van der Waals surface area contributed by atoms with Crippen LogP contribution in [0, 0.1) is 5.92 Å². The molecule has 0 spiro atoms. The lowest BCUT2D eigenvalue weighted by atomic mass is 9.89. The van der Waals surface area contributed by atoms with E-state index < -0.39 is 33.6 Å². The quantitative estimate of drug-likeness (QED) is 0.763. The van der Waals surface area contributed by atoms with Crippen LogP contribution in [-0.4, -0.2) is 24.9 Å². The standard InChI is InChI=1S/C15H17N3O5S/c1-18-12-7-6-9(8-13(12)23-15(18)20)24(21,22)17-11-5-3-2-4-10(11)14(16)19/h2-3,6-8,10-11,17H,4-5H2,1H3,(H2,16,19)/t10-,11-/m1/s1. The molecular formula is C15H17N3O5S. The Hall–Kier alpha value is -2.39. The number of sulfonamides is 1. The molecule has 3 rings (SSSR count). The Balaban J connectivity index is 1.94. The van der Waals surface area contributed by atoms with Crippen LogP contribution in [0.3, 0.4) is 0 Å². The molecule has 0 aliphatic heterocycles. The van der Waals surface area contributed by atoms with E-state index in [2.05, 4.69) is 4.72 Å². The van der Waals surface area contributed by atoms with Gasteiger partial charge in [-0.05, 0) is 25.0 Å². The summed E-state index contributed by atoms with van der Waals surface area (Å²) in [4.78, 5) is 23.0. The van der Waals surface area contributed by atoms with E-state index in [4.69, 9.17) is 10.2 Å². The number of nitrogens with one attached hydrogen (secondary N) is 1. The lowest BCUT2D eigenvalue weighted by Gasteiger charge is -2.26. The van der Waals surface area contributed by atoms with Crippen molar-refractivity contribution in [1.82, 2.24) is 9.29 Å². The number of aryl methyl sites for hydroxylation is 1. The summed E-state index contributed by atoms with van der Waals surface area (Å²) >= 11 is 0. The first-order valence-electron chi connectivity index (χ1n) is 7.36. The molecule has 8 nitrogen and oxygen atoms in total. The molecule has 3 N–H and O–H groups in total. The van der Waals surface area contributed by atoms with Gasteiger partial charge in [-0.2, -0.15) is 0 Å². The molecule has 2 atom stereocenters. The summed E-state index contributed by atoms with van der Waals surface area (Å²) in [6, 6.07) is 3.58. The number of amides is 1. The Morgan fingerprint density at radius 3 is 2.75 bits per heavy atom. The molecule has 9 heteroatoms. The summed E-state index contributed by atoms with van der Waals surface area (Å²) in [5.74, 6) is -1.71. The molecule has 1 amide bonds. The van der Waals surface area contributed by atoms with Gasteiger partial charge in [-0.3, -0.25) is 9.36 Å². The molecule has 24 heavy (non-hydrogen) atoms.